The minimum Gasteiger partial charge on any atom is -0.463 e. The molecule has 1 aliphatic rings. The predicted molar refractivity (Wildman–Crippen MR) is 99.2 cm³/mol. The number of nitrogens with zero attached hydrogens (tertiary/aromatic N) is 2. The number of carbonyl (C=O) groups is 1. The molecule has 1 amide bonds. The van der Waals surface area contributed by atoms with Gasteiger partial charge in [-0.2, -0.15) is 5.10 Å². The summed E-state index contributed by atoms with van der Waals surface area (Å²) in [6.07, 6.45) is 3.09. The highest BCUT2D eigenvalue weighted by molar-refractivity contribution is 7.92. The molecule has 0 fully saturated rings. The van der Waals surface area contributed by atoms with Crippen molar-refractivity contribution in [3.63, 3.8) is 0 Å². The quantitative estimate of drug-likeness (QED) is 0.869. The van der Waals surface area contributed by atoms with E-state index in [1.807, 2.05) is 6.07 Å². The molecule has 0 saturated heterocycles. The molecule has 0 bridgehead atoms. The van der Waals surface area contributed by atoms with Crippen LogP contribution in [0.1, 0.15) is 37.6 Å². The van der Waals surface area contributed by atoms with E-state index in [4.69, 9.17) is 4.42 Å². The maximum Gasteiger partial charge on any atom is 0.245 e. The van der Waals surface area contributed by atoms with Crippen LogP contribution in [0, 0.1) is 5.92 Å². The number of amides is 1. The fraction of sp³-hybridized carbons (Fsp3) is 0.333. The van der Waals surface area contributed by atoms with Gasteiger partial charge in [0.25, 0.3) is 0 Å². The minimum atomic E-state index is -3.45. The highest BCUT2D eigenvalue weighted by Gasteiger charge is 2.36. The molecule has 1 aromatic heterocycles. The minimum absolute atomic E-state index is 0.134. The Kier molecular flexibility index (Phi) is 4.86. The molecule has 138 valence electrons. The average molecular weight is 375 g/mol. The second-order valence-corrected chi connectivity index (χ2v) is 8.29. The van der Waals surface area contributed by atoms with Crippen LogP contribution in [0.25, 0.3) is 0 Å². The van der Waals surface area contributed by atoms with Crippen molar-refractivity contribution in [3.8, 4) is 0 Å². The molecular weight excluding hydrogens is 354 g/mol. The van der Waals surface area contributed by atoms with Crippen molar-refractivity contribution < 1.29 is 17.6 Å². The van der Waals surface area contributed by atoms with Crippen LogP contribution >= 0.6 is 0 Å². The first-order valence-electron chi connectivity index (χ1n) is 8.27. The van der Waals surface area contributed by atoms with Crippen molar-refractivity contribution in [1.82, 2.24) is 5.01 Å². The summed E-state index contributed by atoms with van der Waals surface area (Å²) >= 11 is 0. The van der Waals surface area contributed by atoms with Gasteiger partial charge in [0.2, 0.25) is 15.9 Å². The third kappa shape index (κ3) is 3.80. The summed E-state index contributed by atoms with van der Waals surface area (Å²) in [5.41, 5.74) is 1.79. The lowest BCUT2D eigenvalue weighted by Gasteiger charge is -2.25. The number of para-hydroxylation sites is 1. The van der Waals surface area contributed by atoms with Crippen LogP contribution < -0.4 is 4.72 Å². The molecule has 1 N–H and O–H groups in total. The van der Waals surface area contributed by atoms with Gasteiger partial charge in [-0.3, -0.25) is 9.52 Å². The van der Waals surface area contributed by atoms with Crippen molar-refractivity contribution in [2.75, 3.05) is 11.0 Å². The lowest BCUT2D eigenvalue weighted by molar-refractivity contribution is -0.136. The lowest BCUT2D eigenvalue weighted by atomic mass is 9.98. The van der Waals surface area contributed by atoms with Crippen LogP contribution in [0.3, 0.4) is 0 Å². The standard InChI is InChI=1S/C18H21N3O4S/c1-12(2)18(22)21-16(11-15(19-21)17-9-6-10-25-17)13-7-4-5-8-14(13)20-26(3,23)24/h4-10,12,16,20H,11H2,1-3H3/t16-/m0/s1. The molecule has 3 rings (SSSR count). The van der Waals surface area contributed by atoms with E-state index in [2.05, 4.69) is 9.82 Å². The van der Waals surface area contributed by atoms with Gasteiger partial charge in [-0.15, -0.1) is 0 Å². The molecule has 8 heteroatoms. The highest BCUT2D eigenvalue weighted by Crippen LogP contribution is 2.37. The molecule has 0 aliphatic carbocycles. The molecular formula is C18H21N3O4S. The topological polar surface area (TPSA) is 92.0 Å². The van der Waals surface area contributed by atoms with E-state index in [0.717, 1.165) is 6.26 Å². The molecule has 0 saturated carbocycles. The fourth-order valence-corrected chi connectivity index (χ4v) is 3.48. The van der Waals surface area contributed by atoms with Crippen molar-refractivity contribution in [3.05, 3.63) is 54.0 Å². The van der Waals surface area contributed by atoms with Gasteiger partial charge in [0.15, 0.2) is 0 Å². The Hall–Kier alpha value is -2.61. The summed E-state index contributed by atoms with van der Waals surface area (Å²) in [4.78, 5) is 12.7. The number of furan rings is 1. The number of hydrogen-bond donors (Lipinski definition) is 1. The molecule has 0 spiro atoms. The number of benzene rings is 1. The summed E-state index contributed by atoms with van der Waals surface area (Å²) in [7, 11) is -3.45. The van der Waals surface area contributed by atoms with Gasteiger partial charge in [-0.25, -0.2) is 13.4 Å². The number of carbonyl (C=O) groups excluding carboxylic acids is 1. The smallest absolute Gasteiger partial charge is 0.245 e. The lowest BCUT2D eigenvalue weighted by Crippen LogP contribution is -2.31. The number of anilines is 1. The zero-order chi connectivity index (χ0) is 18.9. The van der Waals surface area contributed by atoms with Crippen molar-refractivity contribution in [2.45, 2.75) is 26.3 Å². The summed E-state index contributed by atoms with van der Waals surface area (Å²) in [6, 6.07) is 10.2. The Morgan fingerprint density at radius 3 is 2.62 bits per heavy atom. The van der Waals surface area contributed by atoms with Gasteiger partial charge < -0.3 is 4.42 Å². The normalized spacial score (nSPS) is 17.5. The second kappa shape index (κ2) is 6.95. The molecule has 0 unspecified atom stereocenters. The zero-order valence-corrected chi connectivity index (χ0v) is 15.7. The Labute approximate surface area is 152 Å². The van der Waals surface area contributed by atoms with E-state index in [-0.39, 0.29) is 11.8 Å². The van der Waals surface area contributed by atoms with Gasteiger partial charge >= 0.3 is 0 Å². The number of sulfonamides is 1. The van der Waals surface area contributed by atoms with Crippen molar-refractivity contribution >= 4 is 27.3 Å². The highest BCUT2D eigenvalue weighted by atomic mass is 32.2. The van der Waals surface area contributed by atoms with E-state index in [0.29, 0.717) is 29.1 Å². The summed E-state index contributed by atoms with van der Waals surface area (Å²) in [6.45, 7) is 3.61. The first-order valence-corrected chi connectivity index (χ1v) is 10.2. The van der Waals surface area contributed by atoms with Crippen molar-refractivity contribution in [1.29, 1.82) is 0 Å². The van der Waals surface area contributed by atoms with Crippen LogP contribution in [0.5, 0.6) is 0 Å². The first kappa shape index (κ1) is 18.2. The molecule has 1 atom stereocenters. The fourth-order valence-electron chi connectivity index (χ4n) is 2.89. The van der Waals surface area contributed by atoms with Crippen LogP contribution in [-0.4, -0.2) is 31.3 Å². The monoisotopic (exact) mass is 375 g/mol. The first-order chi connectivity index (χ1) is 12.3. The summed E-state index contributed by atoms with van der Waals surface area (Å²) in [5, 5.41) is 5.91. The number of rotatable bonds is 5. The maximum atomic E-state index is 12.7. The number of hydrogen-bond acceptors (Lipinski definition) is 5. The van der Waals surface area contributed by atoms with E-state index >= 15 is 0 Å². The van der Waals surface area contributed by atoms with Crippen LogP contribution in [-0.2, 0) is 14.8 Å². The van der Waals surface area contributed by atoms with Crippen LogP contribution in [0.15, 0.2) is 52.2 Å². The Morgan fingerprint density at radius 1 is 1.27 bits per heavy atom. The maximum absolute atomic E-state index is 12.7. The van der Waals surface area contributed by atoms with Crippen molar-refractivity contribution in [2.24, 2.45) is 11.0 Å². The second-order valence-electron chi connectivity index (χ2n) is 6.54. The SMILES string of the molecule is CC(C)C(=O)N1N=C(c2ccco2)C[C@H]1c1ccccc1NS(C)(=O)=O. The largest absolute Gasteiger partial charge is 0.463 e. The van der Waals surface area contributed by atoms with Gasteiger partial charge in [-0.05, 0) is 18.2 Å². The summed E-state index contributed by atoms with van der Waals surface area (Å²) in [5.74, 6) is 0.223. The van der Waals surface area contributed by atoms with E-state index in [9.17, 15) is 13.2 Å². The molecule has 26 heavy (non-hydrogen) atoms. The predicted octanol–water partition coefficient (Wildman–Crippen LogP) is 2.98. The average Bonchev–Trinajstić information content (AvgIpc) is 3.22. The zero-order valence-electron chi connectivity index (χ0n) is 14.8. The van der Waals surface area contributed by atoms with Crippen LogP contribution in [0.4, 0.5) is 5.69 Å². The molecule has 7 nitrogen and oxygen atoms in total. The van der Waals surface area contributed by atoms with E-state index in [1.54, 1.807) is 50.4 Å². The molecule has 1 aliphatic heterocycles. The Morgan fingerprint density at radius 2 is 2.00 bits per heavy atom. The third-order valence-electron chi connectivity index (χ3n) is 4.05. The molecule has 2 heterocycles. The van der Waals surface area contributed by atoms with Gasteiger partial charge in [0.05, 0.1) is 24.2 Å². The van der Waals surface area contributed by atoms with E-state index < -0.39 is 16.1 Å². The van der Waals surface area contributed by atoms with Gasteiger partial charge in [0.1, 0.15) is 11.5 Å². The number of nitrogens with one attached hydrogen (secondary N) is 1. The molecule has 2 aromatic rings. The van der Waals surface area contributed by atoms with Crippen LogP contribution in [0.2, 0.25) is 0 Å². The van der Waals surface area contributed by atoms with Gasteiger partial charge in [-0.1, -0.05) is 32.0 Å². The molecule has 0 radical (unpaired) electrons. The van der Waals surface area contributed by atoms with E-state index in [1.165, 1.54) is 5.01 Å². The third-order valence-corrected chi connectivity index (χ3v) is 4.64. The summed E-state index contributed by atoms with van der Waals surface area (Å²) < 4.78 is 31.4. The Bertz CT molecular complexity index is 933. The Balaban J connectivity index is 2.02. The van der Waals surface area contributed by atoms with Gasteiger partial charge in [0, 0.05) is 17.9 Å². The number of hydrazone groups is 1. The molecule has 1 aromatic carbocycles.